The van der Waals surface area contributed by atoms with Crippen molar-refractivity contribution in [3.8, 4) is 0 Å². The van der Waals surface area contributed by atoms with Gasteiger partial charge in [-0.05, 0) is 34.1 Å². The van der Waals surface area contributed by atoms with Gasteiger partial charge in [0.05, 0.1) is 10.6 Å². The molecule has 9 heteroatoms. The van der Waals surface area contributed by atoms with Crippen molar-refractivity contribution in [2.75, 3.05) is 0 Å². The molecule has 1 aromatic heterocycles. The largest absolute Gasteiger partial charge is 0.345 e. The van der Waals surface area contributed by atoms with Crippen LogP contribution in [0.25, 0.3) is 0 Å². The summed E-state index contributed by atoms with van der Waals surface area (Å²) in [5, 5.41) is -0.271. The minimum Gasteiger partial charge on any atom is -0.345 e. The van der Waals surface area contributed by atoms with E-state index in [0.29, 0.717) is 16.6 Å². The number of hydrogen-bond acceptors (Lipinski definition) is 2. The fourth-order valence-corrected chi connectivity index (χ4v) is 2.45. The predicted octanol–water partition coefficient (Wildman–Crippen LogP) is 2.79. The molecule has 1 aromatic carbocycles. The van der Waals surface area contributed by atoms with E-state index in [0.717, 1.165) is 0 Å². The summed E-state index contributed by atoms with van der Waals surface area (Å²) < 4.78 is 28.3. The van der Waals surface area contributed by atoms with Crippen LogP contribution >= 0.6 is 27.5 Å². The Balaban J connectivity index is 2.09. The molecule has 0 unspecified atom stereocenters. The van der Waals surface area contributed by atoms with E-state index in [1.165, 1.54) is 4.57 Å². The Morgan fingerprint density at radius 1 is 1.14 bits per heavy atom. The summed E-state index contributed by atoms with van der Waals surface area (Å²) in [5.41, 5.74) is 4.22. The first kappa shape index (κ1) is 16.4. The number of nitrogens with one attached hydrogen (secondary N) is 2. The van der Waals surface area contributed by atoms with Crippen LogP contribution in [0.1, 0.15) is 20.8 Å². The normalized spacial score (nSPS) is 10.4. The van der Waals surface area contributed by atoms with Crippen molar-refractivity contribution in [1.82, 2.24) is 15.4 Å². The third kappa shape index (κ3) is 3.45. The van der Waals surface area contributed by atoms with E-state index in [1.54, 1.807) is 19.3 Å². The third-order valence-corrected chi connectivity index (χ3v) is 3.49. The molecule has 1 heterocycles. The molecule has 0 fully saturated rings. The number of amides is 2. The molecular weight excluding hydrogens is 384 g/mol. The molecule has 0 atom stereocenters. The van der Waals surface area contributed by atoms with Crippen LogP contribution < -0.4 is 10.9 Å². The molecule has 116 valence electrons. The number of nitrogens with zero attached hydrogens (tertiary/aromatic N) is 1. The van der Waals surface area contributed by atoms with Gasteiger partial charge in [-0.1, -0.05) is 11.6 Å². The molecule has 22 heavy (non-hydrogen) atoms. The van der Waals surface area contributed by atoms with E-state index in [2.05, 4.69) is 26.8 Å². The molecule has 0 aliphatic carbocycles. The maximum absolute atomic E-state index is 13.1. The lowest BCUT2D eigenvalue weighted by Gasteiger charge is -2.09. The van der Waals surface area contributed by atoms with Gasteiger partial charge in [0.15, 0.2) is 11.6 Å². The Morgan fingerprint density at radius 2 is 1.73 bits per heavy atom. The third-order valence-electron chi connectivity index (χ3n) is 2.75. The van der Waals surface area contributed by atoms with Crippen LogP contribution in [-0.4, -0.2) is 16.4 Å². The summed E-state index contributed by atoms with van der Waals surface area (Å²) in [7, 11) is 1.65. The molecular formula is C13H9BrClF2N3O2. The Labute approximate surface area is 137 Å². The van der Waals surface area contributed by atoms with Crippen molar-refractivity contribution in [1.29, 1.82) is 0 Å². The van der Waals surface area contributed by atoms with Crippen LogP contribution in [0, 0.1) is 11.6 Å². The molecule has 0 saturated heterocycles. The fraction of sp³-hybridized carbons (Fsp3) is 0.0769. The topological polar surface area (TPSA) is 63.1 Å². The van der Waals surface area contributed by atoms with Gasteiger partial charge in [0.1, 0.15) is 5.69 Å². The van der Waals surface area contributed by atoms with Crippen molar-refractivity contribution < 1.29 is 18.4 Å². The van der Waals surface area contributed by atoms with Gasteiger partial charge in [-0.15, -0.1) is 0 Å². The molecule has 0 bridgehead atoms. The molecule has 2 rings (SSSR count). The summed E-state index contributed by atoms with van der Waals surface area (Å²) >= 11 is 8.88. The van der Waals surface area contributed by atoms with Gasteiger partial charge in [-0.25, -0.2) is 8.78 Å². The number of aromatic nitrogens is 1. The van der Waals surface area contributed by atoms with Gasteiger partial charge in [0, 0.05) is 17.7 Å². The average Bonchev–Trinajstić information content (AvgIpc) is 2.78. The zero-order chi connectivity index (χ0) is 16.4. The summed E-state index contributed by atoms with van der Waals surface area (Å²) in [6.45, 7) is 0. The van der Waals surface area contributed by atoms with Crippen LogP contribution in [0.3, 0.4) is 0 Å². The van der Waals surface area contributed by atoms with E-state index < -0.39 is 23.4 Å². The standard InChI is InChI=1S/C13H9BrClF2N3O2/c1-20-5-6(14)2-11(20)13(22)19-18-12(21)7-3-9(16)10(17)4-8(7)15/h2-5H,1H3,(H,18,21)(H,19,22). The average molecular weight is 393 g/mol. The first-order chi connectivity index (χ1) is 10.3. The molecule has 0 spiro atoms. The number of carbonyl (C=O) groups excluding carboxylic acids is 2. The number of carbonyl (C=O) groups is 2. The number of hydrogen-bond donors (Lipinski definition) is 2. The van der Waals surface area contributed by atoms with Gasteiger partial charge < -0.3 is 4.57 Å². The van der Waals surface area contributed by atoms with Crippen molar-refractivity contribution >= 4 is 39.3 Å². The highest BCUT2D eigenvalue weighted by atomic mass is 79.9. The van der Waals surface area contributed by atoms with Crippen LogP contribution in [0.2, 0.25) is 5.02 Å². The molecule has 2 amide bonds. The van der Waals surface area contributed by atoms with Crippen LogP contribution in [-0.2, 0) is 7.05 Å². The van der Waals surface area contributed by atoms with Crippen molar-refractivity contribution in [2.24, 2.45) is 7.05 Å². The van der Waals surface area contributed by atoms with Crippen molar-refractivity contribution in [3.05, 3.63) is 56.8 Å². The molecule has 2 N–H and O–H groups in total. The lowest BCUT2D eigenvalue weighted by Crippen LogP contribution is -2.42. The maximum Gasteiger partial charge on any atom is 0.286 e. The predicted molar refractivity (Wildman–Crippen MR) is 79.4 cm³/mol. The van der Waals surface area contributed by atoms with Crippen molar-refractivity contribution in [3.63, 3.8) is 0 Å². The minimum atomic E-state index is -1.22. The Kier molecular flexibility index (Phi) is 4.82. The van der Waals surface area contributed by atoms with Gasteiger partial charge in [-0.2, -0.15) is 0 Å². The van der Waals surface area contributed by atoms with Crippen LogP contribution in [0.4, 0.5) is 8.78 Å². The van der Waals surface area contributed by atoms with E-state index in [1.807, 2.05) is 0 Å². The summed E-state index contributed by atoms with van der Waals surface area (Å²) in [4.78, 5) is 23.7. The number of halogens is 4. The molecule has 0 radical (unpaired) electrons. The number of rotatable bonds is 2. The van der Waals surface area contributed by atoms with E-state index in [4.69, 9.17) is 11.6 Å². The Hall–Kier alpha value is -1.93. The number of benzene rings is 1. The van der Waals surface area contributed by atoms with E-state index in [-0.39, 0.29) is 16.3 Å². The second-order valence-corrected chi connectivity index (χ2v) is 5.63. The second kappa shape index (κ2) is 6.45. The first-order valence-electron chi connectivity index (χ1n) is 5.86. The van der Waals surface area contributed by atoms with Crippen LogP contribution in [0.5, 0.6) is 0 Å². The lowest BCUT2D eigenvalue weighted by molar-refractivity contribution is 0.0842. The quantitative estimate of drug-likeness (QED) is 0.610. The molecule has 2 aromatic rings. The van der Waals surface area contributed by atoms with Gasteiger partial charge in [0.25, 0.3) is 11.8 Å². The smallest absolute Gasteiger partial charge is 0.286 e. The maximum atomic E-state index is 13.1. The summed E-state index contributed by atoms with van der Waals surface area (Å²) in [5.74, 6) is -3.84. The zero-order valence-corrected chi connectivity index (χ0v) is 13.4. The Morgan fingerprint density at radius 3 is 2.32 bits per heavy atom. The van der Waals surface area contributed by atoms with E-state index in [9.17, 15) is 18.4 Å². The SMILES string of the molecule is Cn1cc(Br)cc1C(=O)NNC(=O)c1cc(F)c(F)cc1Cl. The van der Waals surface area contributed by atoms with Crippen LogP contribution in [0.15, 0.2) is 28.9 Å². The zero-order valence-electron chi connectivity index (χ0n) is 11.1. The van der Waals surface area contributed by atoms with Gasteiger partial charge in [-0.3, -0.25) is 20.4 Å². The highest BCUT2D eigenvalue weighted by Gasteiger charge is 2.17. The number of hydrazine groups is 1. The lowest BCUT2D eigenvalue weighted by atomic mass is 10.2. The molecule has 0 aliphatic rings. The second-order valence-electron chi connectivity index (χ2n) is 4.31. The monoisotopic (exact) mass is 391 g/mol. The fourth-order valence-electron chi connectivity index (χ4n) is 1.69. The van der Waals surface area contributed by atoms with Crippen molar-refractivity contribution in [2.45, 2.75) is 0 Å². The summed E-state index contributed by atoms with van der Waals surface area (Å²) in [6, 6.07) is 2.88. The highest BCUT2D eigenvalue weighted by molar-refractivity contribution is 9.10. The molecule has 0 aliphatic heterocycles. The minimum absolute atomic E-state index is 0.271. The summed E-state index contributed by atoms with van der Waals surface area (Å²) in [6.07, 6.45) is 1.66. The van der Waals surface area contributed by atoms with Gasteiger partial charge >= 0.3 is 0 Å². The van der Waals surface area contributed by atoms with E-state index >= 15 is 0 Å². The molecule has 5 nitrogen and oxygen atoms in total. The molecule has 0 saturated carbocycles. The van der Waals surface area contributed by atoms with Gasteiger partial charge in [0.2, 0.25) is 0 Å². The first-order valence-corrected chi connectivity index (χ1v) is 7.03. The number of aryl methyl sites for hydroxylation is 1. The highest BCUT2D eigenvalue weighted by Crippen LogP contribution is 2.19. The Bertz CT molecular complexity index is 764.